The van der Waals surface area contributed by atoms with Crippen LogP contribution in [0.3, 0.4) is 0 Å². The van der Waals surface area contributed by atoms with Gasteiger partial charge in [0.25, 0.3) is 5.91 Å². The van der Waals surface area contributed by atoms with E-state index in [1.54, 1.807) is 0 Å². The molecule has 1 saturated carbocycles. The van der Waals surface area contributed by atoms with E-state index in [4.69, 9.17) is 0 Å². The van der Waals surface area contributed by atoms with Gasteiger partial charge in [-0.15, -0.1) is 5.10 Å². The number of nitrogens with zero attached hydrogens (tertiary/aromatic N) is 3. The Morgan fingerprint density at radius 2 is 2.17 bits per heavy atom. The molecule has 0 radical (unpaired) electrons. The molecule has 1 amide bonds. The first-order valence-electron chi connectivity index (χ1n) is 5.61. The number of aromatic nitrogens is 3. The van der Waals surface area contributed by atoms with Gasteiger partial charge in [-0.2, -0.15) is 13.2 Å². The van der Waals surface area contributed by atoms with Crippen LogP contribution in [0.4, 0.5) is 13.2 Å². The van der Waals surface area contributed by atoms with E-state index in [0.717, 1.165) is 17.7 Å². The molecule has 1 aliphatic rings. The highest BCUT2D eigenvalue weighted by atomic mass is 19.4. The molecule has 1 fully saturated rings. The van der Waals surface area contributed by atoms with Crippen LogP contribution < -0.4 is 0 Å². The van der Waals surface area contributed by atoms with Crippen molar-refractivity contribution in [1.29, 1.82) is 0 Å². The van der Waals surface area contributed by atoms with Crippen LogP contribution in [-0.4, -0.2) is 45.8 Å². The smallest absolute Gasteiger partial charge is 0.339 e. The summed E-state index contributed by atoms with van der Waals surface area (Å²) >= 11 is 0. The second-order valence-electron chi connectivity index (χ2n) is 4.41. The van der Waals surface area contributed by atoms with Crippen LogP contribution in [0.15, 0.2) is 0 Å². The van der Waals surface area contributed by atoms with Gasteiger partial charge in [0.05, 0.1) is 6.42 Å². The van der Waals surface area contributed by atoms with Crippen molar-refractivity contribution in [2.24, 2.45) is 0 Å². The molecular weight excluding hydrogens is 249 g/mol. The van der Waals surface area contributed by atoms with Gasteiger partial charge in [0.1, 0.15) is 5.82 Å². The molecule has 0 aliphatic heterocycles. The van der Waals surface area contributed by atoms with E-state index in [0.29, 0.717) is 11.7 Å². The van der Waals surface area contributed by atoms with E-state index < -0.39 is 25.0 Å². The zero-order valence-electron chi connectivity index (χ0n) is 9.79. The van der Waals surface area contributed by atoms with E-state index >= 15 is 0 Å². The molecule has 0 saturated heterocycles. The fourth-order valence-electron chi connectivity index (χ4n) is 1.48. The molecule has 1 aromatic heterocycles. The van der Waals surface area contributed by atoms with Gasteiger partial charge >= 0.3 is 6.18 Å². The normalized spacial score (nSPS) is 15.8. The number of amides is 1. The van der Waals surface area contributed by atoms with Crippen molar-refractivity contribution < 1.29 is 18.0 Å². The lowest BCUT2D eigenvalue weighted by Crippen LogP contribution is -2.31. The van der Waals surface area contributed by atoms with Gasteiger partial charge in [-0.3, -0.25) is 9.89 Å². The molecule has 1 aromatic rings. The highest BCUT2D eigenvalue weighted by Crippen LogP contribution is 2.37. The van der Waals surface area contributed by atoms with E-state index in [2.05, 4.69) is 15.2 Å². The summed E-state index contributed by atoms with van der Waals surface area (Å²) in [4.78, 5) is 16.7. The fourth-order valence-corrected chi connectivity index (χ4v) is 1.48. The summed E-state index contributed by atoms with van der Waals surface area (Å²) in [6, 6.07) is 0. The minimum absolute atomic E-state index is 0.0680. The summed E-state index contributed by atoms with van der Waals surface area (Å²) in [5.41, 5.74) is 0. The van der Waals surface area contributed by atoms with Crippen LogP contribution in [0.25, 0.3) is 0 Å². The summed E-state index contributed by atoms with van der Waals surface area (Å²) in [5.74, 6) is 0.297. The van der Waals surface area contributed by atoms with Crippen LogP contribution in [0.1, 0.15) is 41.6 Å². The van der Waals surface area contributed by atoms with Gasteiger partial charge in [-0.1, -0.05) is 0 Å². The Balaban J connectivity index is 1.92. The molecule has 0 atom stereocenters. The third-order valence-electron chi connectivity index (χ3n) is 2.74. The van der Waals surface area contributed by atoms with Crippen molar-refractivity contribution in [3.63, 3.8) is 0 Å². The maximum absolute atomic E-state index is 12.0. The number of hydrogen-bond acceptors (Lipinski definition) is 3. The summed E-state index contributed by atoms with van der Waals surface area (Å²) < 4.78 is 36.1. The number of nitrogens with one attached hydrogen (secondary N) is 1. The number of carbonyl (C=O) groups is 1. The maximum Gasteiger partial charge on any atom is 0.390 e. The number of H-pyrrole nitrogens is 1. The van der Waals surface area contributed by atoms with Crippen LogP contribution in [0.5, 0.6) is 0 Å². The number of halogens is 3. The van der Waals surface area contributed by atoms with E-state index in [9.17, 15) is 18.0 Å². The topological polar surface area (TPSA) is 61.9 Å². The van der Waals surface area contributed by atoms with Crippen molar-refractivity contribution >= 4 is 5.91 Å². The minimum Gasteiger partial charge on any atom is -0.339 e. The monoisotopic (exact) mass is 262 g/mol. The van der Waals surface area contributed by atoms with Gasteiger partial charge in [-0.25, -0.2) is 4.98 Å². The quantitative estimate of drug-likeness (QED) is 0.898. The molecule has 1 N–H and O–H groups in total. The average Bonchev–Trinajstić information content (AvgIpc) is 3.02. The molecule has 0 bridgehead atoms. The molecule has 1 heterocycles. The van der Waals surface area contributed by atoms with Gasteiger partial charge < -0.3 is 4.90 Å². The molecular formula is C10H13F3N4O. The Hall–Kier alpha value is -1.60. The third kappa shape index (κ3) is 3.21. The molecule has 5 nitrogen and oxygen atoms in total. The lowest BCUT2D eigenvalue weighted by atomic mass is 10.3. The van der Waals surface area contributed by atoms with Crippen molar-refractivity contribution in [3.8, 4) is 0 Å². The molecule has 0 spiro atoms. The Morgan fingerprint density at radius 1 is 1.50 bits per heavy atom. The summed E-state index contributed by atoms with van der Waals surface area (Å²) in [6.45, 7) is -0.393. The summed E-state index contributed by atoms with van der Waals surface area (Å²) in [7, 11) is 1.31. The number of carbonyl (C=O) groups excluding carboxylic acids is 1. The number of hydrogen-bond donors (Lipinski definition) is 1. The van der Waals surface area contributed by atoms with Crippen molar-refractivity contribution in [3.05, 3.63) is 11.6 Å². The third-order valence-corrected chi connectivity index (χ3v) is 2.74. The fraction of sp³-hybridized carbons (Fsp3) is 0.700. The minimum atomic E-state index is -4.27. The van der Waals surface area contributed by atoms with Gasteiger partial charge in [0, 0.05) is 19.5 Å². The van der Waals surface area contributed by atoms with Crippen LogP contribution in [-0.2, 0) is 0 Å². The van der Waals surface area contributed by atoms with E-state index in [-0.39, 0.29) is 5.82 Å². The largest absolute Gasteiger partial charge is 0.390 e. The predicted octanol–water partition coefficient (Wildman–Crippen LogP) is 1.71. The summed E-state index contributed by atoms with van der Waals surface area (Å²) in [5, 5.41) is 6.38. The first-order valence-corrected chi connectivity index (χ1v) is 5.61. The maximum atomic E-state index is 12.0. The molecule has 1 aliphatic carbocycles. The van der Waals surface area contributed by atoms with Crippen LogP contribution in [0.2, 0.25) is 0 Å². The first kappa shape index (κ1) is 12.8. The Labute approximate surface area is 101 Å². The van der Waals surface area contributed by atoms with Crippen molar-refractivity contribution in [1.82, 2.24) is 20.1 Å². The van der Waals surface area contributed by atoms with E-state index in [1.807, 2.05) is 0 Å². The van der Waals surface area contributed by atoms with Gasteiger partial charge in [0.15, 0.2) is 0 Å². The highest BCUT2D eigenvalue weighted by Gasteiger charge is 2.30. The zero-order chi connectivity index (χ0) is 13.3. The Morgan fingerprint density at radius 3 is 2.72 bits per heavy atom. The van der Waals surface area contributed by atoms with Gasteiger partial charge in [0.2, 0.25) is 5.82 Å². The molecule has 8 heteroatoms. The number of alkyl halides is 3. The zero-order valence-corrected chi connectivity index (χ0v) is 9.79. The Kier molecular flexibility index (Phi) is 3.27. The number of aromatic amines is 1. The lowest BCUT2D eigenvalue weighted by Gasteiger charge is -2.16. The molecule has 0 aromatic carbocycles. The lowest BCUT2D eigenvalue weighted by molar-refractivity contribution is -0.136. The average molecular weight is 262 g/mol. The summed E-state index contributed by atoms with van der Waals surface area (Å²) in [6.07, 6.45) is -3.29. The van der Waals surface area contributed by atoms with E-state index in [1.165, 1.54) is 7.05 Å². The van der Waals surface area contributed by atoms with Crippen molar-refractivity contribution in [2.75, 3.05) is 13.6 Å². The molecule has 18 heavy (non-hydrogen) atoms. The Bertz CT molecular complexity index is 439. The van der Waals surface area contributed by atoms with Crippen molar-refractivity contribution in [2.45, 2.75) is 31.4 Å². The standard InChI is InChI=1S/C10H13F3N4O/c1-17(5-4-10(11,12)13)9(18)8-14-7(15-16-8)6-2-3-6/h6H,2-5H2,1H3,(H,14,15,16). The highest BCUT2D eigenvalue weighted by molar-refractivity contribution is 5.90. The second-order valence-corrected chi connectivity index (χ2v) is 4.41. The first-order chi connectivity index (χ1) is 8.37. The molecule has 2 rings (SSSR count). The van der Waals surface area contributed by atoms with Crippen LogP contribution >= 0.6 is 0 Å². The van der Waals surface area contributed by atoms with Crippen LogP contribution in [0, 0.1) is 0 Å². The van der Waals surface area contributed by atoms with Gasteiger partial charge in [-0.05, 0) is 12.8 Å². The number of rotatable bonds is 4. The molecule has 100 valence electrons. The SMILES string of the molecule is CN(CCC(F)(F)F)C(=O)c1n[nH]c(C2CC2)n1. The predicted molar refractivity (Wildman–Crippen MR) is 56.0 cm³/mol. The second kappa shape index (κ2) is 4.58. The molecule has 0 unspecified atom stereocenters.